The summed E-state index contributed by atoms with van der Waals surface area (Å²) in [5.74, 6) is -0.420. The van der Waals surface area contributed by atoms with Gasteiger partial charge in [-0.2, -0.15) is 0 Å². The lowest BCUT2D eigenvalue weighted by atomic mass is 9.99. The largest absolute Gasteiger partial charge is 0.349 e. The minimum absolute atomic E-state index is 0.128. The second-order valence-corrected chi connectivity index (χ2v) is 8.06. The molecule has 0 fully saturated rings. The topological polar surface area (TPSA) is 65.2 Å². The molecule has 0 spiro atoms. The first-order valence-corrected chi connectivity index (χ1v) is 10.5. The lowest BCUT2D eigenvalue weighted by molar-refractivity contribution is 0.0731. The predicted octanol–water partition coefficient (Wildman–Crippen LogP) is 5.27. The van der Waals surface area contributed by atoms with Crippen LogP contribution in [0.2, 0.25) is 5.02 Å². The Bertz CT molecular complexity index is 1290. The van der Waals surface area contributed by atoms with Crippen molar-refractivity contribution in [1.82, 2.24) is 9.88 Å². The molecule has 0 radical (unpaired) electrons. The third-order valence-electron chi connectivity index (χ3n) is 5.68. The van der Waals surface area contributed by atoms with Crippen LogP contribution in [0.25, 0.3) is 10.9 Å². The van der Waals surface area contributed by atoms with Crippen LogP contribution in [0.5, 0.6) is 0 Å². The van der Waals surface area contributed by atoms with Crippen LogP contribution >= 0.6 is 11.6 Å². The zero-order valence-corrected chi connectivity index (χ0v) is 17.4. The molecule has 154 valence electrons. The average molecular weight is 430 g/mol. The highest BCUT2D eigenvalue weighted by Gasteiger charge is 2.27. The molecule has 5 nitrogen and oxygen atoms in total. The fraction of sp³-hybridized carbons (Fsp3) is 0.120. The molecule has 3 aromatic carbocycles. The van der Waals surface area contributed by atoms with Gasteiger partial charge in [0.15, 0.2) is 0 Å². The number of anilines is 1. The molecule has 1 aliphatic heterocycles. The van der Waals surface area contributed by atoms with Gasteiger partial charge in [-0.15, -0.1) is 0 Å². The minimum Gasteiger partial charge on any atom is -0.349 e. The molecule has 0 saturated carbocycles. The van der Waals surface area contributed by atoms with Gasteiger partial charge in [-0.05, 0) is 47.9 Å². The van der Waals surface area contributed by atoms with Crippen LogP contribution in [0, 0.1) is 0 Å². The summed E-state index contributed by atoms with van der Waals surface area (Å²) < 4.78 is 0. The Morgan fingerprint density at radius 3 is 2.42 bits per heavy atom. The summed E-state index contributed by atoms with van der Waals surface area (Å²) >= 11 is 5.94. The van der Waals surface area contributed by atoms with Crippen LogP contribution in [0.15, 0.2) is 72.8 Å². The van der Waals surface area contributed by atoms with Crippen LogP contribution in [0.1, 0.15) is 32.0 Å². The van der Waals surface area contributed by atoms with Crippen molar-refractivity contribution < 1.29 is 9.59 Å². The third-order valence-corrected chi connectivity index (χ3v) is 5.93. The summed E-state index contributed by atoms with van der Waals surface area (Å²) in [6.45, 7) is 1.19. The number of halogens is 1. The summed E-state index contributed by atoms with van der Waals surface area (Å²) in [7, 11) is 0. The quantitative estimate of drug-likeness (QED) is 0.465. The summed E-state index contributed by atoms with van der Waals surface area (Å²) in [5.41, 5.74) is 4.60. The number of amides is 2. The second-order valence-electron chi connectivity index (χ2n) is 7.63. The molecular weight excluding hydrogens is 410 g/mol. The molecule has 1 aromatic heterocycles. The molecule has 31 heavy (non-hydrogen) atoms. The van der Waals surface area contributed by atoms with Crippen LogP contribution in [0.4, 0.5) is 5.69 Å². The lowest BCUT2D eigenvalue weighted by Gasteiger charge is -2.28. The van der Waals surface area contributed by atoms with Crippen LogP contribution in [-0.2, 0) is 13.0 Å². The van der Waals surface area contributed by atoms with Gasteiger partial charge in [-0.1, -0.05) is 54.1 Å². The normalized spacial score (nSPS) is 13.1. The van der Waals surface area contributed by atoms with E-state index in [1.165, 1.54) is 5.56 Å². The van der Waals surface area contributed by atoms with Gasteiger partial charge in [-0.3, -0.25) is 9.59 Å². The summed E-state index contributed by atoms with van der Waals surface area (Å²) in [6, 6.07) is 22.4. The highest BCUT2D eigenvalue weighted by atomic mass is 35.5. The van der Waals surface area contributed by atoms with Gasteiger partial charge in [0.1, 0.15) is 5.69 Å². The Labute approximate surface area is 184 Å². The number of hydrogen-bond donors (Lipinski definition) is 2. The zero-order chi connectivity index (χ0) is 21.4. The van der Waals surface area contributed by atoms with Crippen molar-refractivity contribution in [3.8, 4) is 0 Å². The Hall–Kier alpha value is -3.57. The number of carbonyl (C=O) groups is 2. The smallest absolute Gasteiger partial charge is 0.272 e. The number of aromatic nitrogens is 1. The van der Waals surface area contributed by atoms with Crippen molar-refractivity contribution in [2.24, 2.45) is 0 Å². The van der Waals surface area contributed by atoms with Gasteiger partial charge >= 0.3 is 0 Å². The molecule has 2 heterocycles. The summed E-state index contributed by atoms with van der Waals surface area (Å²) in [5, 5.41) is 4.30. The van der Waals surface area contributed by atoms with E-state index in [1.54, 1.807) is 24.3 Å². The van der Waals surface area contributed by atoms with Crippen molar-refractivity contribution in [3.63, 3.8) is 0 Å². The van der Waals surface area contributed by atoms with Crippen molar-refractivity contribution in [3.05, 3.63) is 100 Å². The average Bonchev–Trinajstić information content (AvgIpc) is 3.17. The Balaban J connectivity index is 1.49. The van der Waals surface area contributed by atoms with Gasteiger partial charge in [0.2, 0.25) is 0 Å². The van der Waals surface area contributed by atoms with E-state index in [9.17, 15) is 9.59 Å². The Morgan fingerprint density at radius 2 is 1.61 bits per heavy atom. The first-order chi connectivity index (χ1) is 15.1. The summed E-state index contributed by atoms with van der Waals surface area (Å²) in [6.07, 6.45) is 0.814. The van der Waals surface area contributed by atoms with Gasteiger partial charge in [-0.25, -0.2) is 0 Å². The third kappa shape index (κ3) is 3.68. The molecule has 0 saturated heterocycles. The SMILES string of the molecule is O=C(Nc1c(C(=O)N2CCc3ccccc3C2)[nH]c2ccccc12)c1ccc(Cl)cc1. The number of nitrogens with one attached hydrogen (secondary N) is 2. The number of nitrogens with zero attached hydrogens (tertiary/aromatic N) is 1. The molecule has 2 amide bonds. The Kier molecular flexibility index (Phi) is 4.96. The van der Waals surface area contributed by atoms with E-state index in [-0.39, 0.29) is 11.8 Å². The maximum atomic E-state index is 13.5. The predicted molar refractivity (Wildman–Crippen MR) is 123 cm³/mol. The maximum absolute atomic E-state index is 13.5. The summed E-state index contributed by atoms with van der Waals surface area (Å²) in [4.78, 5) is 31.4. The molecule has 6 heteroatoms. The Morgan fingerprint density at radius 1 is 0.903 bits per heavy atom. The van der Waals surface area contributed by atoms with Crippen molar-refractivity contribution in [2.45, 2.75) is 13.0 Å². The minimum atomic E-state index is -0.292. The number of benzene rings is 3. The van der Waals surface area contributed by atoms with E-state index >= 15 is 0 Å². The molecule has 4 aromatic rings. The number of hydrogen-bond acceptors (Lipinski definition) is 2. The number of H-pyrrole nitrogens is 1. The van der Waals surface area contributed by atoms with Gasteiger partial charge in [0, 0.05) is 34.6 Å². The molecule has 0 bridgehead atoms. The van der Waals surface area contributed by atoms with Gasteiger partial charge in [0.05, 0.1) is 5.69 Å². The number of aromatic amines is 1. The number of carbonyl (C=O) groups excluding carboxylic acids is 2. The maximum Gasteiger partial charge on any atom is 0.272 e. The number of fused-ring (bicyclic) bond motifs is 2. The zero-order valence-electron chi connectivity index (χ0n) is 16.7. The molecule has 2 N–H and O–H groups in total. The van der Waals surface area contributed by atoms with Crippen LogP contribution < -0.4 is 5.32 Å². The first-order valence-electron chi connectivity index (χ1n) is 10.1. The molecule has 1 aliphatic rings. The monoisotopic (exact) mass is 429 g/mol. The molecule has 0 atom stereocenters. The van der Waals surface area contributed by atoms with Crippen LogP contribution in [-0.4, -0.2) is 28.2 Å². The highest BCUT2D eigenvalue weighted by Crippen LogP contribution is 2.30. The number of para-hydroxylation sites is 1. The van der Waals surface area contributed by atoms with Crippen molar-refractivity contribution in [1.29, 1.82) is 0 Å². The van der Waals surface area contributed by atoms with E-state index in [1.807, 2.05) is 41.3 Å². The van der Waals surface area contributed by atoms with Gasteiger partial charge in [0.25, 0.3) is 11.8 Å². The molecule has 0 aliphatic carbocycles. The fourth-order valence-corrected chi connectivity index (χ4v) is 4.17. The number of rotatable bonds is 3. The molecule has 0 unspecified atom stereocenters. The van der Waals surface area contributed by atoms with Crippen molar-refractivity contribution >= 4 is 40.0 Å². The fourth-order valence-electron chi connectivity index (χ4n) is 4.05. The van der Waals surface area contributed by atoms with Gasteiger partial charge < -0.3 is 15.2 Å². The van der Waals surface area contributed by atoms with E-state index in [0.29, 0.717) is 35.1 Å². The lowest BCUT2D eigenvalue weighted by Crippen LogP contribution is -2.36. The highest BCUT2D eigenvalue weighted by molar-refractivity contribution is 6.30. The molecular formula is C25H20ClN3O2. The van der Waals surface area contributed by atoms with E-state index < -0.39 is 0 Å². The van der Waals surface area contributed by atoms with E-state index in [0.717, 1.165) is 22.9 Å². The standard InChI is InChI=1S/C25H20ClN3O2/c26-19-11-9-17(10-12-19)24(30)28-22-20-7-3-4-8-21(20)27-23(22)25(31)29-14-13-16-5-1-2-6-18(16)15-29/h1-12,27H,13-15H2,(H,28,30). The van der Waals surface area contributed by atoms with E-state index in [2.05, 4.69) is 22.4 Å². The molecule has 5 rings (SSSR count). The second kappa shape index (κ2) is 7.93. The first kappa shape index (κ1) is 19.4. The van der Waals surface area contributed by atoms with E-state index in [4.69, 9.17) is 11.6 Å². The van der Waals surface area contributed by atoms with Crippen molar-refractivity contribution in [2.75, 3.05) is 11.9 Å². The van der Waals surface area contributed by atoms with Crippen LogP contribution in [0.3, 0.4) is 0 Å².